The lowest BCUT2D eigenvalue weighted by molar-refractivity contribution is -0.147. The molecular weight excluding hydrogens is 388 g/mol. The fourth-order valence-corrected chi connectivity index (χ4v) is 3.29. The van der Waals surface area contributed by atoms with Crippen molar-refractivity contribution in [3.63, 3.8) is 0 Å². The molecule has 0 aromatic heterocycles. The molecule has 0 saturated carbocycles. The Morgan fingerprint density at radius 3 is 2.10 bits per heavy atom. The first-order chi connectivity index (χ1) is 14.3. The molecule has 7 nitrogen and oxygen atoms in total. The Bertz CT molecular complexity index is 891. The molecule has 0 aliphatic rings. The van der Waals surface area contributed by atoms with Crippen LogP contribution < -0.4 is 18.9 Å². The molecule has 0 spiro atoms. The zero-order valence-electron chi connectivity index (χ0n) is 18.2. The molecule has 162 valence electrons. The molecule has 7 heteroatoms. The molecule has 0 amide bonds. The van der Waals surface area contributed by atoms with E-state index in [4.69, 9.17) is 23.7 Å². The number of methoxy groups -OCH3 is 3. The Morgan fingerprint density at radius 2 is 1.53 bits per heavy atom. The summed E-state index contributed by atoms with van der Waals surface area (Å²) in [5.74, 6) is 1.00. The van der Waals surface area contributed by atoms with Crippen LogP contribution in [0.25, 0.3) is 0 Å². The summed E-state index contributed by atoms with van der Waals surface area (Å²) in [6.07, 6.45) is -0.0788. The van der Waals surface area contributed by atoms with E-state index in [0.717, 1.165) is 11.1 Å². The van der Waals surface area contributed by atoms with Crippen LogP contribution in [0.2, 0.25) is 0 Å². The summed E-state index contributed by atoms with van der Waals surface area (Å²) >= 11 is 0. The van der Waals surface area contributed by atoms with Gasteiger partial charge in [0, 0.05) is 19.4 Å². The molecule has 30 heavy (non-hydrogen) atoms. The van der Waals surface area contributed by atoms with E-state index in [1.54, 1.807) is 32.4 Å². The van der Waals surface area contributed by atoms with E-state index in [2.05, 4.69) is 0 Å². The highest BCUT2D eigenvalue weighted by Gasteiger charge is 2.24. The van der Waals surface area contributed by atoms with Crippen LogP contribution in [0.15, 0.2) is 36.4 Å². The van der Waals surface area contributed by atoms with Crippen molar-refractivity contribution in [1.29, 1.82) is 0 Å². The number of para-hydroxylation sites is 1. The Balaban J connectivity index is 2.40. The quantitative estimate of drug-likeness (QED) is 0.442. The number of rotatable bonds is 9. The van der Waals surface area contributed by atoms with Crippen molar-refractivity contribution in [2.24, 2.45) is 0 Å². The molecule has 2 unspecified atom stereocenters. The molecule has 2 atom stereocenters. The first-order valence-corrected chi connectivity index (χ1v) is 9.55. The van der Waals surface area contributed by atoms with Crippen LogP contribution in [0.3, 0.4) is 0 Å². The summed E-state index contributed by atoms with van der Waals surface area (Å²) in [5.41, 5.74) is 1.55. The number of hydrogen-bond acceptors (Lipinski definition) is 7. The smallest absolute Gasteiger partial charge is 0.308 e. The van der Waals surface area contributed by atoms with E-state index in [0.29, 0.717) is 29.4 Å². The van der Waals surface area contributed by atoms with Crippen molar-refractivity contribution in [3.8, 4) is 23.0 Å². The van der Waals surface area contributed by atoms with Gasteiger partial charge in [0.15, 0.2) is 23.0 Å². The van der Waals surface area contributed by atoms with Crippen LogP contribution in [0.1, 0.15) is 50.3 Å². The minimum absolute atomic E-state index is 0.119. The monoisotopic (exact) mass is 416 g/mol. The van der Waals surface area contributed by atoms with E-state index < -0.39 is 18.0 Å². The highest BCUT2D eigenvalue weighted by Crippen LogP contribution is 2.41. The molecular formula is C23H28O7. The maximum atomic E-state index is 11.8. The predicted octanol–water partition coefficient (Wildman–Crippen LogP) is 4.44. The van der Waals surface area contributed by atoms with E-state index in [9.17, 15) is 9.59 Å². The van der Waals surface area contributed by atoms with Crippen molar-refractivity contribution in [3.05, 3.63) is 47.5 Å². The van der Waals surface area contributed by atoms with Gasteiger partial charge in [0.05, 0.1) is 21.3 Å². The third kappa shape index (κ3) is 5.65. The molecule has 2 aromatic rings. The van der Waals surface area contributed by atoms with Gasteiger partial charge in [-0.25, -0.2) is 0 Å². The second kappa shape index (κ2) is 10.5. The summed E-state index contributed by atoms with van der Waals surface area (Å²) in [6, 6.07) is 10.8. The van der Waals surface area contributed by atoms with Gasteiger partial charge in [-0.3, -0.25) is 9.59 Å². The zero-order valence-corrected chi connectivity index (χ0v) is 18.2. The summed E-state index contributed by atoms with van der Waals surface area (Å²) in [4.78, 5) is 23.4. The van der Waals surface area contributed by atoms with Crippen molar-refractivity contribution < 1.29 is 33.3 Å². The molecule has 0 fully saturated rings. The second-order valence-electron chi connectivity index (χ2n) is 6.82. The second-order valence-corrected chi connectivity index (χ2v) is 6.82. The fraction of sp³-hybridized carbons (Fsp3) is 0.391. The van der Waals surface area contributed by atoms with E-state index in [1.807, 2.05) is 25.1 Å². The number of hydrogen-bond donors (Lipinski definition) is 0. The first kappa shape index (κ1) is 23.1. The van der Waals surface area contributed by atoms with Crippen molar-refractivity contribution in [2.75, 3.05) is 21.3 Å². The van der Waals surface area contributed by atoms with Gasteiger partial charge in [0.25, 0.3) is 0 Å². The first-order valence-electron chi connectivity index (χ1n) is 9.55. The minimum atomic E-state index is -0.534. The molecule has 0 radical (unpaired) electrons. The Labute approximate surface area is 176 Å². The lowest BCUT2D eigenvalue weighted by Gasteiger charge is -2.24. The Hall–Kier alpha value is -3.22. The van der Waals surface area contributed by atoms with E-state index >= 15 is 0 Å². The number of ether oxygens (including phenoxy) is 5. The van der Waals surface area contributed by atoms with Crippen LogP contribution in [0.4, 0.5) is 0 Å². The largest absolute Gasteiger partial charge is 0.493 e. The van der Waals surface area contributed by atoms with Gasteiger partial charge in [0.1, 0.15) is 6.10 Å². The summed E-state index contributed by atoms with van der Waals surface area (Å²) < 4.78 is 27.0. The Kier molecular flexibility index (Phi) is 8.09. The fourth-order valence-electron chi connectivity index (χ4n) is 3.29. The average molecular weight is 416 g/mol. The number of carbonyl (C=O) groups is 2. The molecule has 0 aliphatic carbocycles. The van der Waals surface area contributed by atoms with Crippen LogP contribution in [0.5, 0.6) is 23.0 Å². The maximum Gasteiger partial charge on any atom is 0.308 e. The van der Waals surface area contributed by atoms with Gasteiger partial charge in [-0.2, -0.15) is 0 Å². The number of carbonyl (C=O) groups excluding carboxylic acids is 2. The third-order valence-corrected chi connectivity index (χ3v) is 4.66. The lowest BCUT2D eigenvalue weighted by Crippen LogP contribution is -2.13. The average Bonchev–Trinajstić information content (AvgIpc) is 2.72. The molecule has 2 rings (SSSR count). The van der Waals surface area contributed by atoms with Gasteiger partial charge >= 0.3 is 11.9 Å². The molecule has 0 saturated heterocycles. The molecule has 0 bridgehead atoms. The highest BCUT2D eigenvalue weighted by atomic mass is 16.6. The molecule has 0 N–H and O–H groups in total. The highest BCUT2D eigenvalue weighted by molar-refractivity contribution is 5.71. The molecule has 0 heterocycles. The van der Waals surface area contributed by atoms with Crippen molar-refractivity contribution >= 4 is 11.9 Å². The van der Waals surface area contributed by atoms with Gasteiger partial charge in [-0.05, 0) is 36.1 Å². The standard InChI is InChI=1S/C23H28O7/c1-14(18-8-7-9-20(27-5)23(18)30-16(3)25)12-21(29-15(2)24)17-10-11-19(26-4)22(13-17)28-6/h7-11,13-14,21H,12H2,1-6H3. The van der Waals surface area contributed by atoms with Crippen molar-refractivity contribution in [1.82, 2.24) is 0 Å². The van der Waals surface area contributed by atoms with E-state index in [1.165, 1.54) is 21.0 Å². The minimum Gasteiger partial charge on any atom is -0.493 e. The lowest BCUT2D eigenvalue weighted by atomic mass is 9.91. The normalized spacial score (nSPS) is 12.5. The summed E-state index contributed by atoms with van der Waals surface area (Å²) in [6.45, 7) is 4.68. The SMILES string of the molecule is COc1ccc(C(CC(C)c2cccc(OC)c2OC(C)=O)OC(C)=O)cc1OC. The predicted molar refractivity (Wildman–Crippen MR) is 111 cm³/mol. The summed E-state index contributed by atoms with van der Waals surface area (Å²) in [7, 11) is 4.62. The van der Waals surface area contributed by atoms with Gasteiger partial charge in [-0.15, -0.1) is 0 Å². The topological polar surface area (TPSA) is 80.3 Å². The molecule has 2 aromatic carbocycles. The summed E-state index contributed by atoms with van der Waals surface area (Å²) in [5, 5.41) is 0. The maximum absolute atomic E-state index is 11.8. The van der Waals surface area contributed by atoms with Gasteiger partial charge < -0.3 is 23.7 Å². The zero-order chi connectivity index (χ0) is 22.3. The van der Waals surface area contributed by atoms with Crippen LogP contribution in [0, 0.1) is 0 Å². The van der Waals surface area contributed by atoms with Gasteiger partial charge in [0.2, 0.25) is 0 Å². The van der Waals surface area contributed by atoms with Crippen LogP contribution >= 0.6 is 0 Å². The van der Waals surface area contributed by atoms with Crippen molar-refractivity contribution in [2.45, 2.75) is 39.2 Å². The molecule has 0 aliphatic heterocycles. The number of benzene rings is 2. The van der Waals surface area contributed by atoms with Crippen LogP contribution in [-0.2, 0) is 14.3 Å². The Morgan fingerprint density at radius 1 is 0.867 bits per heavy atom. The van der Waals surface area contributed by atoms with Crippen LogP contribution in [-0.4, -0.2) is 33.3 Å². The number of esters is 2. The third-order valence-electron chi connectivity index (χ3n) is 4.66. The van der Waals surface area contributed by atoms with E-state index in [-0.39, 0.29) is 5.92 Å². The van der Waals surface area contributed by atoms with Gasteiger partial charge in [-0.1, -0.05) is 25.1 Å².